The van der Waals surface area contributed by atoms with Crippen molar-refractivity contribution in [1.29, 1.82) is 0 Å². The SMILES string of the molecule is CC1CCC(C(CC(=O)O)NC(=O)OC(C)(C)C)O1. The average molecular weight is 273 g/mol. The molecule has 2 N–H and O–H groups in total. The van der Waals surface area contributed by atoms with Gasteiger partial charge in [-0.2, -0.15) is 0 Å². The van der Waals surface area contributed by atoms with Gasteiger partial charge in [-0.05, 0) is 40.5 Å². The molecule has 6 nitrogen and oxygen atoms in total. The van der Waals surface area contributed by atoms with Gasteiger partial charge >= 0.3 is 12.1 Å². The van der Waals surface area contributed by atoms with Crippen LogP contribution in [0.4, 0.5) is 4.79 Å². The molecule has 1 heterocycles. The molecule has 0 spiro atoms. The molecule has 1 rings (SSSR count). The van der Waals surface area contributed by atoms with Gasteiger partial charge in [-0.25, -0.2) is 4.79 Å². The van der Waals surface area contributed by atoms with E-state index in [1.807, 2.05) is 6.92 Å². The second-order valence-electron chi connectivity index (χ2n) is 5.91. The number of nitrogens with one attached hydrogen (secondary N) is 1. The van der Waals surface area contributed by atoms with Crippen molar-refractivity contribution in [3.63, 3.8) is 0 Å². The maximum atomic E-state index is 11.7. The topological polar surface area (TPSA) is 84.9 Å². The molecular weight excluding hydrogens is 250 g/mol. The Kier molecular flexibility index (Phi) is 5.17. The summed E-state index contributed by atoms with van der Waals surface area (Å²) in [5.41, 5.74) is -0.609. The monoisotopic (exact) mass is 273 g/mol. The van der Waals surface area contributed by atoms with Crippen molar-refractivity contribution in [2.75, 3.05) is 0 Å². The number of ether oxygens (including phenoxy) is 2. The first-order chi connectivity index (χ1) is 8.67. The number of carboxylic acids is 1. The van der Waals surface area contributed by atoms with Crippen LogP contribution in [0, 0.1) is 0 Å². The van der Waals surface area contributed by atoms with E-state index in [1.165, 1.54) is 0 Å². The van der Waals surface area contributed by atoms with Crippen LogP contribution < -0.4 is 5.32 Å². The lowest BCUT2D eigenvalue weighted by Crippen LogP contribution is -2.46. The van der Waals surface area contributed by atoms with E-state index in [2.05, 4.69) is 5.32 Å². The van der Waals surface area contributed by atoms with Gasteiger partial charge in [0.2, 0.25) is 0 Å². The van der Waals surface area contributed by atoms with Crippen LogP contribution in [0.25, 0.3) is 0 Å². The summed E-state index contributed by atoms with van der Waals surface area (Å²) in [5.74, 6) is -0.968. The molecule has 6 heteroatoms. The number of alkyl carbamates (subject to hydrolysis) is 1. The van der Waals surface area contributed by atoms with Gasteiger partial charge in [0, 0.05) is 0 Å². The first kappa shape index (κ1) is 15.8. The molecule has 0 aromatic rings. The van der Waals surface area contributed by atoms with Crippen LogP contribution in [-0.4, -0.2) is 41.0 Å². The van der Waals surface area contributed by atoms with Gasteiger partial charge in [0.15, 0.2) is 0 Å². The van der Waals surface area contributed by atoms with Gasteiger partial charge < -0.3 is 19.9 Å². The van der Waals surface area contributed by atoms with Crippen molar-refractivity contribution in [3.05, 3.63) is 0 Å². The number of amides is 1. The van der Waals surface area contributed by atoms with E-state index in [4.69, 9.17) is 14.6 Å². The number of rotatable bonds is 4. The summed E-state index contributed by atoms with van der Waals surface area (Å²) in [5, 5.41) is 11.5. The predicted octanol–water partition coefficient (Wildman–Crippen LogP) is 1.92. The smallest absolute Gasteiger partial charge is 0.407 e. The molecule has 1 amide bonds. The molecule has 0 aliphatic carbocycles. The molecule has 1 aliphatic heterocycles. The quantitative estimate of drug-likeness (QED) is 0.817. The minimum Gasteiger partial charge on any atom is -0.481 e. The van der Waals surface area contributed by atoms with Gasteiger partial charge in [0.25, 0.3) is 0 Å². The van der Waals surface area contributed by atoms with Gasteiger partial charge in [0.05, 0.1) is 24.7 Å². The molecule has 1 saturated heterocycles. The Bertz CT molecular complexity index is 336. The van der Waals surface area contributed by atoms with Crippen LogP contribution in [0.1, 0.15) is 47.0 Å². The molecule has 0 aromatic heterocycles. The Hall–Kier alpha value is -1.30. The minimum atomic E-state index is -0.968. The van der Waals surface area contributed by atoms with E-state index >= 15 is 0 Å². The number of carbonyl (C=O) groups excluding carboxylic acids is 1. The molecular formula is C13H23NO5. The maximum absolute atomic E-state index is 11.7. The Labute approximate surface area is 113 Å². The molecule has 0 saturated carbocycles. The van der Waals surface area contributed by atoms with Gasteiger partial charge in [0.1, 0.15) is 5.60 Å². The Morgan fingerprint density at radius 1 is 1.42 bits per heavy atom. The normalized spacial score (nSPS) is 24.8. The molecule has 110 valence electrons. The van der Waals surface area contributed by atoms with Gasteiger partial charge in [-0.1, -0.05) is 0 Å². The van der Waals surface area contributed by atoms with Crippen molar-refractivity contribution in [1.82, 2.24) is 5.32 Å². The zero-order valence-corrected chi connectivity index (χ0v) is 11.9. The van der Waals surface area contributed by atoms with E-state index in [-0.39, 0.29) is 18.6 Å². The van der Waals surface area contributed by atoms with Crippen LogP contribution in [0.5, 0.6) is 0 Å². The van der Waals surface area contributed by atoms with Crippen molar-refractivity contribution in [2.45, 2.75) is 70.8 Å². The highest BCUT2D eigenvalue weighted by Gasteiger charge is 2.33. The zero-order valence-electron chi connectivity index (χ0n) is 11.9. The lowest BCUT2D eigenvalue weighted by Gasteiger charge is -2.26. The first-order valence-corrected chi connectivity index (χ1v) is 6.54. The number of carbonyl (C=O) groups is 2. The third-order valence-corrected chi connectivity index (χ3v) is 2.81. The van der Waals surface area contributed by atoms with E-state index in [0.717, 1.165) is 12.8 Å². The molecule has 3 atom stereocenters. The fraction of sp³-hybridized carbons (Fsp3) is 0.846. The molecule has 3 unspecified atom stereocenters. The Morgan fingerprint density at radius 2 is 2.05 bits per heavy atom. The molecule has 0 bridgehead atoms. The van der Waals surface area contributed by atoms with E-state index < -0.39 is 23.7 Å². The molecule has 1 aliphatic rings. The highest BCUT2D eigenvalue weighted by Crippen LogP contribution is 2.23. The first-order valence-electron chi connectivity index (χ1n) is 6.54. The molecule has 0 aromatic carbocycles. The Morgan fingerprint density at radius 3 is 2.47 bits per heavy atom. The number of hydrogen-bond donors (Lipinski definition) is 2. The second-order valence-corrected chi connectivity index (χ2v) is 5.91. The van der Waals surface area contributed by atoms with Crippen molar-refractivity contribution in [3.8, 4) is 0 Å². The lowest BCUT2D eigenvalue weighted by molar-refractivity contribution is -0.138. The van der Waals surface area contributed by atoms with Crippen molar-refractivity contribution >= 4 is 12.1 Å². The van der Waals surface area contributed by atoms with E-state index in [0.29, 0.717) is 0 Å². The molecule has 19 heavy (non-hydrogen) atoms. The lowest BCUT2D eigenvalue weighted by atomic mass is 10.0. The highest BCUT2D eigenvalue weighted by atomic mass is 16.6. The minimum absolute atomic E-state index is 0.0988. The zero-order chi connectivity index (χ0) is 14.6. The van der Waals surface area contributed by atoms with Crippen molar-refractivity contribution < 1.29 is 24.2 Å². The fourth-order valence-corrected chi connectivity index (χ4v) is 2.05. The summed E-state index contributed by atoms with van der Waals surface area (Å²) in [4.78, 5) is 22.6. The predicted molar refractivity (Wildman–Crippen MR) is 69.0 cm³/mol. The third-order valence-electron chi connectivity index (χ3n) is 2.81. The van der Waals surface area contributed by atoms with Crippen LogP contribution in [0.15, 0.2) is 0 Å². The maximum Gasteiger partial charge on any atom is 0.407 e. The van der Waals surface area contributed by atoms with Gasteiger partial charge in [-0.3, -0.25) is 4.79 Å². The molecule has 0 radical (unpaired) electrons. The summed E-state index contributed by atoms with van der Waals surface area (Å²) in [6, 6.07) is -0.558. The van der Waals surface area contributed by atoms with Gasteiger partial charge in [-0.15, -0.1) is 0 Å². The van der Waals surface area contributed by atoms with E-state index in [9.17, 15) is 9.59 Å². The summed E-state index contributed by atoms with van der Waals surface area (Å²) in [7, 11) is 0. The number of carboxylic acid groups (broad SMARTS) is 1. The summed E-state index contributed by atoms with van der Waals surface area (Å²) < 4.78 is 10.8. The molecule has 1 fully saturated rings. The second kappa shape index (κ2) is 6.23. The summed E-state index contributed by atoms with van der Waals surface area (Å²) in [6.07, 6.45) is 0.671. The van der Waals surface area contributed by atoms with Crippen LogP contribution in [0.3, 0.4) is 0 Å². The summed E-state index contributed by atoms with van der Waals surface area (Å²) in [6.45, 7) is 7.21. The van der Waals surface area contributed by atoms with E-state index in [1.54, 1.807) is 20.8 Å². The third kappa shape index (κ3) is 5.92. The standard InChI is InChI=1S/C13H23NO5/c1-8-5-6-10(18-8)9(7-11(15)16)14-12(17)19-13(2,3)4/h8-10H,5-7H2,1-4H3,(H,14,17)(H,15,16). The highest BCUT2D eigenvalue weighted by molar-refractivity contribution is 5.71. The average Bonchev–Trinajstić information content (AvgIpc) is 2.60. The van der Waals surface area contributed by atoms with Crippen molar-refractivity contribution in [2.24, 2.45) is 0 Å². The van der Waals surface area contributed by atoms with Crippen LogP contribution >= 0.6 is 0 Å². The largest absolute Gasteiger partial charge is 0.481 e. The number of aliphatic carboxylic acids is 1. The Balaban J connectivity index is 2.59. The fourth-order valence-electron chi connectivity index (χ4n) is 2.05. The number of hydrogen-bond acceptors (Lipinski definition) is 4. The summed E-state index contributed by atoms with van der Waals surface area (Å²) >= 11 is 0. The van der Waals surface area contributed by atoms with Crippen LogP contribution in [-0.2, 0) is 14.3 Å². The van der Waals surface area contributed by atoms with Crippen LogP contribution in [0.2, 0.25) is 0 Å².